The lowest BCUT2D eigenvalue weighted by molar-refractivity contribution is 0.356. The average molecular weight is 151 g/mol. The number of benzene rings is 1. The molecule has 3 nitrogen and oxygen atoms in total. The van der Waals surface area contributed by atoms with Crippen LogP contribution in [0, 0.1) is 0 Å². The second-order valence-corrected chi connectivity index (χ2v) is 2.53. The van der Waals surface area contributed by atoms with Crippen molar-refractivity contribution in [1.82, 2.24) is 0 Å². The molecule has 1 aliphatic rings. The second-order valence-electron chi connectivity index (χ2n) is 2.53. The second kappa shape index (κ2) is 2.43. The smallest absolute Gasteiger partial charge is 0.122 e. The van der Waals surface area contributed by atoms with Crippen LogP contribution in [0.15, 0.2) is 18.2 Å². The Labute approximate surface area is 64.6 Å². The van der Waals surface area contributed by atoms with Gasteiger partial charge in [-0.2, -0.15) is 0 Å². The third-order valence-electron chi connectivity index (χ3n) is 1.82. The lowest BCUT2D eigenvalue weighted by atomic mass is 10.1. The fourth-order valence-corrected chi connectivity index (χ4v) is 1.26. The predicted molar refractivity (Wildman–Crippen MR) is 41.1 cm³/mol. The zero-order chi connectivity index (χ0) is 7.68. The Morgan fingerprint density at radius 1 is 1.45 bits per heavy atom. The standard InChI is InChI=1S/C8H9NO2/c10-9-7-1-2-8-6(5-7)3-4-11-8/h1-2,5,9-10H,3-4H2. The molecular formula is C8H9NO2. The van der Waals surface area contributed by atoms with Gasteiger partial charge in [-0.15, -0.1) is 0 Å². The highest BCUT2D eigenvalue weighted by Gasteiger charge is 2.11. The zero-order valence-corrected chi connectivity index (χ0v) is 6.00. The third kappa shape index (κ3) is 1.03. The molecule has 11 heavy (non-hydrogen) atoms. The summed E-state index contributed by atoms with van der Waals surface area (Å²) in [5.41, 5.74) is 3.97. The molecule has 0 radical (unpaired) electrons. The Hall–Kier alpha value is -1.22. The van der Waals surface area contributed by atoms with E-state index in [1.807, 2.05) is 12.1 Å². The number of hydrogen-bond donors (Lipinski definition) is 2. The fraction of sp³-hybridized carbons (Fsp3) is 0.250. The first kappa shape index (κ1) is 6.49. The Bertz CT molecular complexity index is 273. The lowest BCUT2D eigenvalue weighted by Gasteiger charge is -2.00. The van der Waals surface area contributed by atoms with E-state index in [1.165, 1.54) is 0 Å². The molecule has 1 aromatic rings. The van der Waals surface area contributed by atoms with Crippen molar-refractivity contribution in [3.63, 3.8) is 0 Å². The van der Waals surface area contributed by atoms with E-state index < -0.39 is 0 Å². The summed E-state index contributed by atoms with van der Waals surface area (Å²) >= 11 is 0. The summed E-state index contributed by atoms with van der Waals surface area (Å²) in [6.45, 7) is 0.754. The number of hydrogen-bond acceptors (Lipinski definition) is 3. The van der Waals surface area contributed by atoms with Crippen LogP contribution >= 0.6 is 0 Å². The monoisotopic (exact) mass is 151 g/mol. The molecule has 1 heterocycles. The van der Waals surface area contributed by atoms with E-state index in [1.54, 1.807) is 6.07 Å². The van der Waals surface area contributed by atoms with Gasteiger partial charge < -0.3 is 4.74 Å². The maximum Gasteiger partial charge on any atom is 0.122 e. The third-order valence-corrected chi connectivity index (χ3v) is 1.82. The van der Waals surface area contributed by atoms with Gasteiger partial charge in [0, 0.05) is 6.42 Å². The SMILES string of the molecule is ONc1ccc2c(c1)CCO2. The van der Waals surface area contributed by atoms with Crippen LogP contribution in [-0.4, -0.2) is 11.8 Å². The van der Waals surface area contributed by atoms with Crippen LogP contribution in [0.5, 0.6) is 5.75 Å². The van der Waals surface area contributed by atoms with Crippen molar-refractivity contribution < 1.29 is 9.94 Å². The highest BCUT2D eigenvalue weighted by Crippen LogP contribution is 2.27. The summed E-state index contributed by atoms with van der Waals surface area (Å²) in [5.74, 6) is 0.934. The minimum atomic E-state index is 0.717. The average Bonchev–Trinajstić information content (AvgIpc) is 2.50. The molecular weight excluding hydrogens is 142 g/mol. The molecule has 0 aliphatic carbocycles. The number of fused-ring (bicyclic) bond motifs is 1. The molecule has 0 spiro atoms. The van der Waals surface area contributed by atoms with Gasteiger partial charge in [-0.05, 0) is 23.8 Å². The van der Waals surface area contributed by atoms with E-state index in [0.717, 1.165) is 24.3 Å². The number of anilines is 1. The predicted octanol–water partition coefficient (Wildman–Crippen LogP) is 1.42. The number of ether oxygens (including phenoxy) is 1. The van der Waals surface area contributed by atoms with E-state index in [2.05, 4.69) is 5.48 Å². The van der Waals surface area contributed by atoms with Gasteiger partial charge in [-0.1, -0.05) is 0 Å². The van der Waals surface area contributed by atoms with Gasteiger partial charge in [0.2, 0.25) is 0 Å². The first-order valence-electron chi connectivity index (χ1n) is 3.56. The van der Waals surface area contributed by atoms with Crippen LogP contribution in [0.1, 0.15) is 5.56 Å². The Morgan fingerprint density at radius 2 is 2.36 bits per heavy atom. The first-order valence-corrected chi connectivity index (χ1v) is 3.56. The Balaban J connectivity index is 2.41. The first-order chi connectivity index (χ1) is 5.40. The highest BCUT2D eigenvalue weighted by atomic mass is 16.5. The number of nitrogens with one attached hydrogen (secondary N) is 1. The minimum absolute atomic E-state index is 0.717. The maximum atomic E-state index is 8.58. The molecule has 0 aromatic heterocycles. The molecule has 0 saturated heterocycles. The van der Waals surface area contributed by atoms with E-state index in [4.69, 9.17) is 9.94 Å². The van der Waals surface area contributed by atoms with Gasteiger partial charge in [-0.3, -0.25) is 10.7 Å². The van der Waals surface area contributed by atoms with Crippen LogP contribution in [0.25, 0.3) is 0 Å². The molecule has 2 N–H and O–H groups in total. The Kier molecular flexibility index (Phi) is 1.43. The molecule has 1 aromatic carbocycles. The molecule has 1 aliphatic heterocycles. The molecule has 0 unspecified atom stereocenters. The summed E-state index contributed by atoms with van der Waals surface area (Å²) in [6, 6.07) is 5.54. The Morgan fingerprint density at radius 3 is 3.18 bits per heavy atom. The topological polar surface area (TPSA) is 41.5 Å². The van der Waals surface area contributed by atoms with Gasteiger partial charge in [0.25, 0.3) is 0 Å². The lowest BCUT2D eigenvalue weighted by Crippen LogP contribution is -1.89. The van der Waals surface area contributed by atoms with Crippen LogP contribution in [-0.2, 0) is 6.42 Å². The van der Waals surface area contributed by atoms with E-state index in [0.29, 0.717) is 5.69 Å². The maximum absolute atomic E-state index is 8.58. The van der Waals surface area contributed by atoms with E-state index in [9.17, 15) is 0 Å². The van der Waals surface area contributed by atoms with Gasteiger partial charge >= 0.3 is 0 Å². The molecule has 2 rings (SSSR count). The van der Waals surface area contributed by atoms with Crippen molar-refractivity contribution in [3.8, 4) is 5.75 Å². The molecule has 58 valence electrons. The van der Waals surface area contributed by atoms with Crippen molar-refractivity contribution in [2.75, 3.05) is 12.1 Å². The van der Waals surface area contributed by atoms with Gasteiger partial charge in [0.1, 0.15) is 5.75 Å². The van der Waals surface area contributed by atoms with Crippen LogP contribution in [0.3, 0.4) is 0 Å². The van der Waals surface area contributed by atoms with Crippen LogP contribution in [0.4, 0.5) is 5.69 Å². The van der Waals surface area contributed by atoms with Gasteiger partial charge in [0.05, 0.1) is 12.3 Å². The van der Waals surface area contributed by atoms with E-state index in [-0.39, 0.29) is 0 Å². The largest absolute Gasteiger partial charge is 0.493 e. The van der Waals surface area contributed by atoms with Gasteiger partial charge in [0.15, 0.2) is 0 Å². The van der Waals surface area contributed by atoms with Crippen molar-refractivity contribution in [2.24, 2.45) is 0 Å². The zero-order valence-electron chi connectivity index (χ0n) is 6.00. The molecule has 0 amide bonds. The van der Waals surface area contributed by atoms with Crippen LogP contribution < -0.4 is 10.2 Å². The summed E-state index contributed by atoms with van der Waals surface area (Å²) in [7, 11) is 0. The molecule has 0 saturated carbocycles. The summed E-state index contributed by atoms with van der Waals surface area (Å²) in [5, 5.41) is 8.58. The minimum Gasteiger partial charge on any atom is -0.493 e. The molecule has 3 heteroatoms. The van der Waals surface area contributed by atoms with Crippen molar-refractivity contribution in [2.45, 2.75) is 6.42 Å². The normalized spacial score (nSPS) is 13.9. The van der Waals surface area contributed by atoms with Crippen LogP contribution in [0.2, 0.25) is 0 Å². The van der Waals surface area contributed by atoms with Crippen molar-refractivity contribution >= 4 is 5.69 Å². The van der Waals surface area contributed by atoms with Crippen molar-refractivity contribution in [3.05, 3.63) is 23.8 Å². The number of rotatable bonds is 1. The molecule has 0 atom stereocenters. The quantitative estimate of drug-likeness (QED) is 0.596. The summed E-state index contributed by atoms with van der Waals surface area (Å²) < 4.78 is 5.29. The van der Waals surface area contributed by atoms with E-state index >= 15 is 0 Å². The summed E-state index contributed by atoms with van der Waals surface area (Å²) in [6.07, 6.45) is 0.935. The van der Waals surface area contributed by atoms with Gasteiger partial charge in [-0.25, -0.2) is 0 Å². The fourth-order valence-electron chi connectivity index (χ4n) is 1.26. The molecule has 0 bridgehead atoms. The molecule has 0 fully saturated rings. The highest BCUT2D eigenvalue weighted by molar-refractivity contribution is 5.50. The van der Waals surface area contributed by atoms with Crippen molar-refractivity contribution in [1.29, 1.82) is 0 Å². The summed E-state index contributed by atoms with van der Waals surface area (Å²) in [4.78, 5) is 0.